The normalized spacial score (nSPS) is 11.4. The summed E-state index contributed by atoms with van der Waals surface area (Å²) in [7, 11) is 2.17. The summed E-state index contributed by atoms with van der Waals surface area (Å²) in [5.74, 6) is -3.90. The molecule has 2 aromatic carbocycles. The number of alkyl carbamates (subject to hydrolysis) is 1. The van der Waals surface area contributed by atoms with Crippen LogP contribution in [-0.4, -0.2) is 44.1 Å². The molecule has 1 unspecified atom stereocenters. The largest absolute Gasteiger partial charge is 0.468 e. The second-order valence-corrected chi connectivity index (χ2v) is 6.91. The summed E-state index contributed by atoms with van der Waals surface area (Å²) < 4.78 is 14.5. The molecule has 0 heterocycles. The van der Waals surface area contributed by atoms with Crippen molar-refractivity contribution in [2.75, 3.05) is 14.2 Å². The van der Waals surface area contributed by atoms with Crippen molar-refractivity contribution in [3.05, 3.63) is 70.7 Å². The Morgan fingerprint density at radius 3 is 2.03 bits per heavy atom. The number of carbonyl (C=O) groups excluding carboxylic acids is 4. The van der Waals surface area contributed by atoms with Gasteiger partial charge in [-0.2, -0.15) is 0 Å². The smallest absolute Gasteiger partial charge is 0.407 e. The van der Waals surface area contributed by atoms with Gasteiger partial charge in [0.05, 0.1) is 20.3 Å². The van der Waals surface area contributed by atoms with Crippen molar-refractivity contribution in [3.8, 4) is 0 Å². The number of rotatable bonds is 9. The molecule has 9 heteroatoms. The molecule has 0 saturated carbocycles. The summed E-state index contributed by atoms with van der Waals surface area (Å²) >= 11 is 5.84. The van der Waals surface area contributed by atoms with Gasteiger partial charge in [-0.15, -0.1) is 0 Å². The summed E-state index contributed by atoms with van der Waals surface area (Å²) in [5.41, 5.74) is 1.03. The van der Waals surface area contributed by atoms with Gasteiger partial charge < -0.3 is 19.5 Å². The quantitative estimate of drug-likeness (QED) is 0.272. The average Bonchev–Trinajstić information content (AvgIpc) is 2.78. The Labute approximate surface area is 184 Å². The van der Waals surface area contributed by atoms with E-state index >= 15 is 0 Å². The number of benzene rings is 2. The summed E-state index contributed by atoms with van der Waals surface area (Å²) in [6.45, 7) is -0.0361. The maximum Gasteiger partial charge on any atom is 0.407 e. The third-order valence-electron chi connectivity index (χ3n) is 4.40. The van der Waals surface area contributed by atoms with E-state index in [-0.39, 0.29) is 13.0 Å². The van der Waals surface area contributed by atoms with Crippen molar-refractivity contribution in [2.24, 2.45) is 5.92 Å². The van der Waals surface area contributed by atoms with Crippen LogP contribution in [0.5, 0.6) is 0 Å². The minimum atomic E-state index is -1.56. The van der Waals surface area contributed by atoms with Gasteiger partial charge in [0.2, 0.25) is 0 Å². The molecule has 164 valence electrons. The monoisotopic (exact) mass is 447 g/mol. The third-order valence-corrected chi connectivity index (χ3v) is 4.65. The van der Waals surface area contributed by atoms with Crippen molar-refractivity contribution < 1.29 is 33.4 Å². The minimum absolute atomic E-state index is 0.0361. The van der Waals surface area contributed by atoms with Crippen LogP contribution in [0.3, 0.4) is 0 Å². The number of carbonyl (C=O) groups is 4. The molecule has 1 atom stereocenters. The van der Waals surface area contributed by atoms with E-state index in [4.69, 9.17) is 16.3 Å². The van der Waals surface area contributed by atoms with Crippen LogP contribution in [0.25, 0.3) is 0 Å². The lowest BCUT2D eigenvalue weighted by Gasteiger charge is -2.23. The lowest BCUT2D eigenvalue weighted by molar-refractivity contribution is -0.160. The summed E-state index contributed by atoms with van der Waals surface area (Å²) in [6, 6.07) is 13.7. The zero-order valence-electron chi connectivity index (χ0n) is 17.0. The van der Waals surface area contributed by atoms with Crippen LogP contribution in [-0.2, 0) is 30.4 Å². The molecule has 0 radical (unpaired) electrons. The molecule has 2 aromatic rings. The molecule has 1 N–H and O–H groups in total. The number of hydrogen-bond acceptors (Lipinski definition) is 7. The van der Waals surface area contributed by atoms with Crippen molar-refractivity contribution in [1.82, 2.24) is 5.32 Å². The topological polar surface area (TPSA) is 108 Å². The molecule has 0 spiro atoms. The Hall–Kier alpha value is -3.39. The van der Waals surface area contributed by atoms with E-state index in [2.05, 4.69) is 14.8 Å². The standard InChI is InChI=1S/C22H22ClNO7/c1-29-20(26)19(21(27)30-2)17(12-18(25)15-8-10-16(23)11-9-15)24-22(28)31-13-14-6-4-3-5-7-14/h3-11,17,19H,12-13H2,1-2H3,(H,24,28). The Bertz CT molecular complexity index is 899. The highest BCUT2D eigenvalue weighted by Crippen LogP contribution is 2.18. The van der Waals surface area contributed by atoms with E-state index in [1.165, 1.54) is 24.3 Å². The molecule has 0 bridgehead atoms. The highest BCUT2D eigenvalue weighted by atomic mass is 35.5. The summed E-state index contributed by atoms with van der Waals surface area (Å²) in [6.07, 6.45) is -1.28. The first-order valence-electron chi connectivity index (χ1n) is 9.27. The molecule has 0 aromatic heterocycles. The minimum Gasteiger partial charge on any atom is -0.468 e. The zero-order valence-corrected chi connectivity index (χ0v) is 17.8. The van der Waals surface area contributed by atoms with Crippen LogP contribution < -0.4 is 5.32 Å². The Morgan fingerprint density at radius 1 is 0.903 bits per heavy atom. The van der Waals surface area contributed by atoms with Gasteiger partial charge in [-0.1, -0.05) is 41.9 Å². The van der Waals surface area contributed by atoms with Gasteiger partial charge in [0.1, 0.15) is 6.61 Å². The average molecular weight is 448 g/mol. The van der Waals surface area contributed by atoms with Gasteiger partial charge in [-0.05, 0) is 29.8 Å². The Morgan fingerprint density at radius 2 is 1.48 bits per heavy atom. The fourth-order valence-corrected chi connectivity index (χ4v) is 2.93. The fourth-order valence-electron chi connectivity index (χ4n) is 2.80. The molecule has 0 aliphatic heterocycles. The van der Waals surface area contributed by atoms with Crippen molar-refractivity contribution in [1.29, 1.82) is 0 Å². The molecule has 8 nitrogen and oxygen atoms in total. The van der Waals surface area contributed by atoms with Gasteiger partial charge in [0.15, 0.2) is 11.7 Å². The van der Waals surface area contributed by atoms with Crippen LogP contribution in [0.15, 0.2) is 54.6 Å². The molecule has 0 aliphatic rings. The van der Waals surface area contributed by atoms with E-state index in [0.29, 0.717) is 10.6 Å². The molecule has 31 heavy (non-hydrogen) atoms. The highest BCUT2D eigenvalue weighted by molar-refractivity contribution is 6.30. The molecule has 0 saturated heterocycles. The van der Waals surface area contributed by atoms with Crippen molar-refractivity contribution >= 4 is 35.4 Å². The van der Waals surface area contributed by atoms with Gasteiger partial charge in [-0.25, -0.2) is 4.79 Å². The SMILES string of the molecule is COC(=O)C(C(=O)OC)C(CC(=O)c1ccc(Cl)cc1)NC(=O)OCc1ccccc1. The second kappa shape index (κ2) is 11.7. The number of amides is 1. The molecule has 0 fully saturated rings. The zero-order chi connectivity index (χ0) is 22.8. The number of nitrogens with one attached hydrogen (secondary N) is 1. The number of ether oxygens (including phenoxy) is 3. The molecule has 2 rings (SSSR count). The van der Waals surface area contributed by atoms with Crippen LogP contribution in [0.4, 0.5) is 4.79 Å². The lowest BCUT2D eigenvalue weighted by atomic mass is 9.93. The first kappa shape index (κ1) is 23.9. The van der Waals surface area contributed by atoms with E-state index in [1.807, 2.05) is 6.07 Å². The molecular formula is C22H22ClNO7. The van der Waals surface area contributed by atoms with E-state index < -0.39 is 35.8 Å². The Kier molecular flexibility index (Phi) is 9.02. The molecular weight excluding hydrogens is 426 g/mol. The summed E-state index contributed by atoms with van der Waals surface area (Å²) in [5, 5.41) is 2.86. The first-order chi connectivity index (χ1) is 14.8. The van der Waals surface area contributed by atoms with Gasteiger partial charge in [-0.3, -0.25) is 14.4 Å². The van der Waals surface area contributed by atoms with Crippen LogP contribution in [0, 0.1) is 5.92 Å². The lowest BCUT2D eigenvalue weighted by Crippen LogP contribution is -2.48. The number of ketones is 1. The first-order valence-corrected chi connectivity index (χ1v) is 9.65. The fraction of sp³-hybridized carbons (Fsp3) is 0.273. The molecule has 1 amide bonds. The van der Waals surface area contributed by atoms with Gasteiger partial charge in [0.25, 0.3) is 0 Å². The maximum atomic E-state index is 12.7. The highest BCUT2D eigenvalue weighted by Gasteiger charge is 2.39. The second-order valence-electron chi connectivity index (χ2n) is 6.47. The predicted molar refractivity (Wildman–Crippen MR) is 111 cm³/mol. The van der Waals surface area contributed by atoms with Gasteiger partial charge >= 0.3 is 18.0 Å². The van der Waals surface area contributed by atoms with Crippen molar-refractivity contribution in [2.45, 2.75) is 19.1 Å². The molecule has 0 aliphatic carbocycles. The van der Waals surface area contributed by atoms with E-state index in [9.17, 15) is 19.2 Å². The number of methoxy groups -OCH3 is 2. The number of hydrogen-bond donors (Lipinski definition) is 1. The number of esters is 2. The van der Waals surface area contributed by atoms with Crippen molar-refractivity contribution in [3.63, 3.8) is 0 Å². The van der Waals surface area contributed by atoms with Crippen LogP contribution in [0.1, 0.15) is 22.3 Å². The maximum absolute atomic E-state index is 12.7. The number of Topliss-reactive ketones (excluding diaryl/α,β-unsaturated/α-hetero) is 1. The van der Waals surface area contributed by atoms with Crippen LogP contribution >= 0.6 is 11.6 Å². The number of halogens is 1. The Balaban J connectivity index is 2.19. The third kappa shape index (κ3) is 7.11. The van der Waals surface area contributed by atoms with Crippen LogP contribution in [0.2, 0.25) is 5.02 Å². The predicted octanol–water partition coefficient (Wildman–Crippen LogP) is 3.17. The van der Waals surface area contributed by atoms with E-state index in [1.54, 1.807) is 24.3 Å². The summed E-state index contributed by atoms with van der Waals surface area (Å²) in [4.78, 5) is 49.5. The van der Waals surface area contributed by atoms with Gasteiger partial charge in [0, 0.05) is 17.0 Å². The van der Waals surface area contributed by atoms with E-state index in [0.717, 1.165) is 19.8 Å².